The standard InChI is InChI=1S/Fe.Mg.2H2O4S.2H/c;;2*1-5(2,3)4;;/h;;2*(H2,1,2,3,4);;/q;+2;;;2*-1. The predicted octanol–water partition coefficient (Wildman–Crippen LogP) is -1.46. The van der Waals surface area contributed by atoms with Gasteiger partial charge in [-0.15, -0.1) is 0 Å². The van der Waals surface area contributed by atoms with Gasteiger partial charge >= 0.3 is 43.9 Å². The number of rotatable bonds is 0. The van der Waals surface area contributed by atoms with Crippen molar-refractivity contribution in [1.29, 1.82) is 0 Å². The Kier molecular flexibility index (Phi) is 16.6. The van der Waals surface area contributed by atoms with Crippen LogP contribution in [0, 0.1) is 0 Å². The van der Waals surface area contributed by atoms with Crippen molar-refractivity contribution in [3.05, 3.63) is 0 Å². The number of hydrogen-bond donors (Lipinski definition) is 4. The summed E-state index contributed by atoms with van der Waals surface area (Å²) in [5.41, 5.74) is 0. The molecule has 0 aliphatic carbocycles. The summed E-state index contributed by atoms with van der Waals surface area (Å²) in [5, 5.41) is 0. The van der Waals surface area contributed by atoms with Gasteiger partial charge in [0.15, 0.2) is 0 Å². The maximum atomic E-state index is 8.74. The molecule has 0 saturated carbocycles. The Morgan fingerprint density at radius 2 is 0.750 bits per heavy atom. The molecule has 12 heteroatoms. The molecule has 0 amide bonds. The molecule has 0 atom stereocenters. The Morgan fingerprint density at radius 1 is 0.750 bits per heavy atom. The van der Waals surface area contributed by atoms with Gasteiger partial charge < -0.3 is 2.85 Å². The molecule has 4 N–H and O–H groups in total. The maximum Gasteiger partial charge on any atom is 2.00 e. The molecular formula is H6FeMgO8S2. The molecule has 8 nitrogen and oxygen atoms in total. The van der Waals surface area contributed by atoms with Crippen LogP contribution >= 0.6 is 0 Å². The largest absolute Gasteiger partial charge is 2.00 e. The average Bonchev–Trinajstić information content (AvgIpc) is 1.12. The zero-order chi connectivity index (χ0) is 9.00. The molecular weight excluding hydrogens is 272 g/mol. The summed E-state index contributed by atoms with van der Waals surface area (Å²) >= 11 is 0. The fourth-order valence-corrected chi connectivity index (χ4v) is 0. The molecule has 0 rings (SSSR count). The van der Waals surface area contributed by atoms with E-state index in [4.69, 9.17) is 35.0 Å². The molecule has 0 unspecified atom stereocenters. The first-order valence-electron chi connectivity index (χ1n) is 1.40. The minimum atomic E-state index is -4.67. The van der Waals surface area contributed by atoms with Gasteiger partial charge in [-0.2, -0.15) is 16.8 Å². The molecule has 0 spiro atoms. The minimum absolute atomic E-state index is 0. The first-order valence-corrected chi connectivity index (χ1v) is 4.19. The third-order valence-electron chi connectivity index (χ3n) is 0. The summed E-state index contributed by atoms with van der Waals surface area (Å²) in [4.78, 5) is 0. The second kappa shape index (κ2) is 8.62. The fraction of sp³-hybridized carbons (Fsp3) is 0. The van der Waals surface area contributed by atoms with E-state index in [1.807, 2.05) is 0 Å². The second-order valence-electron chi connectivity index (χ2n) is 0.896. The molecule has 0 saturated heterocycles. The summed E-state index contributed by atoms with van der Waals surface area (Å²) in [7, 11) is -9.33. The third kappa shape index (κ3) is 1050. The van der Waals surface area contributed by atoms with Gasteiger partial charge in [0.25, 0.3) is 0 Å². The van der Waals surface area contributed by atoms with E-state index in [9.17, 15) is 0 Å². The van der Waals surface area contributed by atoms with E-state index in [0.717, 1.165) is 0 Å². The average molecular weight is 278 g/mol. The molecule has 76 valence electrons. The first kappa shape index (κ1) is 23.1. The van der Waals surface area contributed by atoms with Gasteiger partial charge in [0, 0.05) is 17.1 Å². The van der Waals surface area contributed by atoms with Crippen molar-refractivity contribution >= 4 is 43.9 Å². The van der Waals surface area contributed by atoms with E-state index < -0.39 is 20.8 Å². The van der Waals surface area contributed by atoms with Crippen LogP contribution in [-0.2, 0) is 37.9 Å². The SMILES string of the molecule is O=S(=O)(O)O.O=S(=O)(O)O.[Fe].[H-].[H-].[Mg+2]. The van der Waals surface area contributed by atoms with E-state index in [0.29, 0.717) is 0 Å². The fourth-order valence-electron chi connectivity index (χ4n) is 0. The molecule has 0 aromatic carbocycles. The third-order valence-corrected chi connectivity index (χ3v) is 0. The van der Waals surface area contributed by atoms with Gasteiger partial charge in [0.2, 0.25) is 0 Å². The zero-order valence-corrected chi connectivity index (χ0v) is 9.45. The molecule has 0 aromatic rings. The Labute approximate surface area is 98.5 Å². The van der Waals surface area contributed by atoms with Crippen molar-refractivity contribution in [2.24, 2.45) is 0 Å². The van der Waals surface area contributed by atoms with Crippen LogP contribution in [0.25, 0.3) is 0 Å². The normalized spacial score (nSPS) is 9.67. The van der Waals surface area contributed by atoms with Gasteiger partial charge in [0.1, 0.15) is 0 Å². The molecule has 12 heavy (non-hydrogen) atoms. The van der Waals surface area contributed by atoms with Gasteiger partial charge in [0.05, 0.1) is 0 Å². The van der Waals surface area contributed by atoms with E-state index in [-0.39, 0.29) is 43.0 Å². The van der Waals surface area contributed by atoms with Crippen LogP contribution in [0.5, 0.6) is 0 Å². The van der Waals surface area contributed by atoms with Crippen LogP contribution in [0.15, 0.2) is 0 Å². The molecule has 0 aliphatic rings. The van der Waals surface area contributed by atoms with Crippen molar-refractivity contribution in [3.8, 4) is 0 Å². The summed E-state index contributed by atoms with van der Waals surface area (Å²) < 4.78 is 63.2. The van der Waals surface area contributed by atoms with Crippen molar-refractivity contribution in [2.45, 2.75) is 0 Å². The van der Waals surface area contributed by atoms with Crippen LogP contribution in [0.2, 0.25) is 0 Å². The quantitative estimate of drug-likeness (QED) is 0.310. The van der Waals surface area contributed by atoms with Crippen LogP contribution in [0.4, 0.5) is 0 Å². The van der Waals surface area contributed by atoms with E-state index >= 15 is 0 Å². The van der Waals surface area contributed by atoms with Crippen molar-refractivity contribution < 1.29 is 55.0 Å². The smallest absolute Gasteiger partial charge is 1.00 e. The molecule has 0 heterocycles. The Bertz CT molecular complexity index is 222. The summed E-state index contributed by atoms with van der Waals surface area (Å²) in [6.45, 7) is 0. The second-order valence-corrected chi connectivity index (χ2v) is 2.69. The molecule has 0 bridgehead atoms. The topological polar surface area (TPSA) is 149 Å². The summed E-state index contributed by atoms with van der Waals surface area (Å²) in [6, 6.07) is 0. The predicted molar refractivity (Wildman–Crippen MR) is 36.3 cm³/mol. The van der Waals surface area contributed by atoms with Crippen molar-refractivity contribution in [2.75, 3.05) is 0 Å². The molecule has 0 aliphatic heterocycles. The van der Waals surface area contributed by atoms with Crippen LogP contribution < -0.4 is 0 Å². The first-order chi connectivity index (χ1) is 4.00. The van der Waals surface area contributed by atoms with Gasteiger partial charge in [-0.1, -0.05) is 0 Å². The number of hydrogen-bond acceptors (Lipinski definition) is 4. The van der Waals surface area contributed by atoms with Gasteiger partial charge in [-0.05, 0) is 0 Å². The monoisotopic (exact) mass is 278 g/mol. The van der Waals surface area contributed by atoms with E-state index in [2.05, 4.69) is 0 Å². The molecule has 0 aromatic heterocycles. The summed E-state index contributed by atoms with van der Waals surface area (Å²) in [6.07, 6.45) is 0. The van der Waals surface area contributed by atoms with Crippen LogP contribution in [0.1, 0.15) is 2.85 Å². The Hall–Kier alpha value is 1.03. The Morgan fingerprint density at radius 3 is 0.750 bits per heavy atom. The van der Waals surface area contributed by atoms with Crippen molar-refractivity contribution in [3.63, 3.8) is 0 Å². The van der Waals surface area contributed by atoms with Crippen molar-refractivity contribution in [1.82, 2.24) is 0 Å². The zero-order valence-electron chi connectivity index (χ0n) is 7.30. The van der Waals surface area contributed by atoms with Crippen LogP contribution in [-0.4, -0.2) is 58.1 Å². The van der Waals surface area contributed by atoms with E-state index in [1.165, 1.54) is 0 Å². The summed E-state index contributed by atoms with van der Waals surface area (Å²) in [5.74, 6) is 0. The van der Waals surface area contributed by atoms with Gasteiger partial charge in [-0.25, -0.2) is 0 Å². The minimum Gasteiger partial charge on any atom is -1.00 e. The van der Waals surface area contributed by atoms with Gasteiger partial charge in [-0.3, -0.25) is 18.2 Å². The molecule has 0 radical (unpaired) electrons. The Balaban J connectivity index is -0.0000000178. The van der Waals surface area contributed by atoms with Crippen LogP contribution in [0.3, 0.4) is 0 Å². The molecule has 0 fully saturated rings. The maximum absolute atomic E-state index is 8.74. The van der Waals surface area contributed by atoms with E-state index in [1.54, 1.807) is 0 Å².